The number of fused-ring (bicyclic) bond motifs is 1. The number of rotatable bonds is 4. The molecule has 0 unspecified atom stereocenters. The number of anilines is 2. The quantitative estimate of drug-likeness (QED) is 0.542. The Labute approximate surface area is 160 Å². The van der Waals surface area contributed by atoms with Crippen molar-refractivity contribution in [3.05, 3.63) is 66.5 Å². The normalized spacial score (nSPS) is 11.6. The number of aryl methyl sites for hydroxylation is 1. The first kappa shape index (κ1) is 17.6. The molecule has 0 saturated heterocycles. The van der Waals surface area contributed by atoms with Crippen LogP contribution in [-0.4, -0.2) is 18.4 Å². The van der Waals surface area contributed by atoms with Crippen molar-refractivity contribution in [3.63, 3.8) is 0 Å². The zero-order valence-electron chi connectivity index (χ0n) is 14.4. The minimum Gasteiger partial charge on any atom is -0.340 e. The SMILES string of the molecule is Cc1nc(Nc2ccc(S(N)(=O)=O)cc2)c2cc(-c3ccccc3)sc2n1. The first-order valence-corrected chi connectivity index (χ1v) is 10.5. The molecule has 2 aromatic carbocycles. The Kier molecular flexibility index (Phi) is 4.39. The maximum atomic E-state index is 11.4. The summed E-state index contributed by atoms with van der Waals surface area (Å²) in [4.78, 5) is 11.1. The van der Waals surface area contributed by atoms with Gasteiger partial charge in [0.15, 0.2) is 0 Å². The van der Waals surface area contributed by atoms with E-state index in [1.165, 1.54) is 12.1 Å². The molecule has 0 spiro atoms. The topological polar surface area (TPSA) is 98.0 Å². The molecule has 6 nitrogen and oxygen atoms in total. The molecule has 2 heterocycles. The van der Waals surface area contributed by atoms with Gasteiger partial charge in [-0.3, -0.25) is 0 Å². The Morgan fingerprint density at radius 3 is 2.37 bits per heavy atom. The molecule has 0 aliphatic heterocycles. The number of sulfonamides is 1. The standard InChI is InChI=1S/C19H16N4O2S2/c1-12-21-18(23-14-7-9-15(10-8-14)27(20,24)25)16-11-17(26-19(16)22-12)13-5-3-2-4-6-13/h2-11H,1H3,(H2,20,24,25)(H,21,22,23). The van der Waals surface area contributed by atoms with Crippen molar-refractivity contribution in [3.8, 4) is 10.4 Å². The third-order valence-corrected chi connectivity index (χ3v) is 6.02. The summed E-state index contributed by atoms with van der Waals surface area (Å²) in [7, 11) is -3.71. The van der Waals surface area contributed by atoms with Crippen LogP contribution in [0.25, 0.3) is 20.7 Å². The highest BCUT2D eigenvalue weighted by atomic mass is 32.2. The van der Waals surface area contributed by atoms with E-state index in [0.29, 0.717) is 17.3 Å². The number of primary sulfonamides is 1. The van der Waals surface area contributed by atoms with Gasteiger partial charge in [-0.1, -0.05) is 30.3 Å². The Morgan fingerprint density at radius 2 is 1.70 bits per heavy atom. The summed E-state index contributed by atoms with van der Waals surface area (Å²) < 4.78 is 22.8. The van der Waals surface area contributed by atoms with Gasteiger partial charge in [-0.2, -0.15) is 0 Å². The maximum absolute atomic E-state index is 11.4. The van der Waals surface area contributed by atoms with Gasteiger partial charge in [-0.05, 0) is 42.8 Å². The second kappa shape index (κ2) is 6.73. The largest absolute Gasteiger partial charge is 0.340 e. The fourth-order valence-corrected chi connectivity index (χ4v) is 4.33. The lowest BCUT2D eigenvalue weighted by atomic mass is 10.2. The van der Waals surface area contributed by atoms with Crippen LogP contribution in [-0.2, 0) is 10.0 Å². The van der Waals surface area contributed by atoms with Crippen LogP contribution in [0.1, 0.15) is 5.82 Å². The molecule has 8 heteroatoms. The van der Waals surface area contributed by atoms with Gasteiger partial charge < -0.3 is 5.32 Å². The Hall–Kier alpha value is -2.81. The van der Waals surface area contributed by atoms with E-state index in [0.717, 1.165) is 20.7 Å². The van der Waals surface area contributed by atoms with Crippen LogP contribution in [0.2, 0.25) is 0 Å². The van der Waals surface area contributed by atoms with Gasteiger partial charge in [0.2, 0.25) is 10.0 Å². The molecule has 0 fully saturated rings. The average molecular weight is 396 g/mol. The molecule has 27 heavy (non-hydrogen) atoms. The summed E-state index contributed by atoms with van der Waals surface area (Å²) in [6.45, 7) is 1.84. The first-order valence-electron chi connectivity index (χ1n) is 8.14. The predicted octanol–water partition coefficient (Wildman–Crippen LogP) is 4.06. The predicted molar refractivity (Wildman–Crippen MR) is 109 cm³/mol. The van der Waals surface area contributed by atoms with Gasteiger partial charge in [-0.15, -0.1) is 11.3 Å². The molecule has 2 aromatic heterocycles. The molecule has 0 saturated carbocycles. The van der Waals surface area contributed by atoms with Crippen molar-refractivity contribution in [1.29, 1.82) is 0 Å². The highest BCUT2D eigenvalue weighted by molar-refractivity contribution is 7.89. The number of hydrogen-bond acceptors (Lipinski definition) is 6. The van der Waals surface area contributed by atoms with Gasteiger partial charge in [0.1, 0.15) is 16.5 Å². The summed E-state index contributed by atoms with van der Waals surface area (Å²) in [5, 5.41) is 9.31. The molecule has 0 aliphatic carbocycles. The number of thiophene rings is 1. The van der Waals surface area contributed by atoms with E-state index >= 15 is 0 Å². The van der Waals surface area contributed by atoms with Crippen molar-refractivity contribution >= 4 is 43.1 Å². The van der Waals surface area contributed by atoms with Gasteiger partial charge in [0.25, 0.3) is 0 Å². The molecule has 0 bridgehead atoms. The molecular formula is C19H16N4O2S2. The fraction of sp³-hybridized carbons (Fsp3) is 0.0526. The van der Waals surface area contributed by atoms with E-state index in [-0.39, 0.29) is 4.90 Å². The van der Waals surface area contributed by atoms with Crippen LogP contribution in [0.4, 0.5) is 11.5 Å². The van der Waals surface area contributed by atoms with E-state index < -0.39 is 10.0 Å². The highest BCUT2D eigenvalue weighted by Crippen LogP contribution is 2.36. The molecule has 4 aromatic rings. The summed E-state index contributed by atoms with van der Waals surface area (Å²) in [6, 6.07) is 18.4. The van der Waals surface area contributed by atoms with E-state index in [1.54, 1.807) is 23.5 Å². The molecule has 136 valence electrons. The summed E-state index contributed by atoms with van der Waals surface area (Å²) in [5.74, 6) is 1.34. The molecular weight excluding hydrogens is 380 g/mol. The van der Waals surface area contributed by atoms with Crippen molar-refractivity contribution in [1.82, 2.24) is 9.97 Å². The van der Waals surface area contributed by atoms with E-state index in [4.69, 9.17) is 5.14 Å². The second-order valence-corrected chi connectivity index (χ2v) is 8.60. The molecule has 0 amide bonds. The van der Waals surface area contributed by atoms with Crippen LogP contribution < -0.4 is 10.5 Å². The minimum atomic E-state index is -3.71. The van der Waals surface area contributed by atoms with Gasteiger partial charge in [-0.25, -0.2) is 23.5 Å². The monoisotopic (exact) mass is 396 g/mol. The Morgan fingerprint density at radius 1 is 1.00 bits per heavy atom. The maximum Gasteiger partial charge on any atom is 0.238 e. The number of benzene rings is 2. The molecule has 0 atom stereocenters. The highest BCUT2D eigenvalue weighted by Gasteiger charge is 2.13. The van der Waals surface area contributed by atoms with Crippen molar-refractivity contribution in [2.24, 2.45) is 5.14 Å². The molecule has 3 N–H and O–H groups in total. The van der Waals surface area contributed by atoms with Gasteiger partial charge >= 0.3 is 0 Å². The lowest BCUT2D eigenvalue weighted by Gasteiger charge is -2.08. The Balaban J connectivity index is 1.74. The summed E-state index contributed by atoms with van der Waals surface area (Å²) >= 11 is 1.61. The lowest BCUT2D eigenvalue weighted by Crippen LogP contribution is -2.11. The number of nitrogens with one attached hydrogen (secondary N) is 1. The zero-order valence-corrected chi connectivity index (χ0v) is 16.0. The van der Waals surface area contributed by atoms with Crippen molar-refractivity contribution < 1.29 is 8.42 Å². The smallest absolute Gasteiger partial charge is 0.238 e. The fourth-order valence-electron chi connectivity index (χ4n) is 2.73. The zero-order chi connectivity index (χ0) is 19.0. The molecule has 0 radical (unpaired) electrons. The van der Waals surface area contributed by atoms with Crippen molar-refractivity contribution in [2.75, 3.05) is 5.32 Å². The number of aromatic nitrogens is 2. The van der Waals surface area contributed by atoms with Crippen molar-refractivity contribution in [2.45, 2.75) is 11.8 Å². The minimum absolute atomic E-state index is 0.0685. The third-order valence-electron chi connectivity index (χ3n) is 4.01. The summed E-state index contributed by atoms with van der Waals surface area (Å²) in [5.41, 5.74) is 1.84. The van der Waals surface area contributed by atoms with Gasteiger partial charge in [0.05, 0.1) is 10.3 Å². The summed E-state index contributed by atoms with van der Waals surface area (Å²) in [6.07, 6.45) is 0. The lowest BCUT2D eigenvalue weighted by molar-refractivity contribution is 0.598. The second-order valence-electron chi connectivity index (χ2n) is 6.01. The molecule has 4 rings (SSSR count). The van der Waals surface area contributed by atoms with Crippen LogP contribution >= 0.6 is 11.3 Å². The van der Waals surface area contributed by atoms with Crippen LogP contribution in [0.3, 0.4) is 0 Å². The number of nitrogens with two attached hydrogens (primary N) is 1. The van der Waals surface area contributed by atoms with E-state index in [2.05, 4.69) is 33.5 Å². The van der Waals surface area contributed by atoms with Gasteiger partial charge in [0, 0.05) is 10.6 Å². The number of hydrogen-bond donors (Lipinski definition) is 2. The van der Waals surface area contributed by atoms with E-state index in [9.17, 15) is 8.42 Å². The molecule has 0 aliphatic rings. The first-order chi connectivity index (χ1) is 12.9. The number of nitrogens with zero attached hydrogens (tertiary/aromatic N) is 2. The third kappa shape index (κ3) is 3.68. The van der Waals surface area contributed by atoms with E-state index in [1.807, 2.05) is 25.1 Å². The van der Waals surface area contributed by atoms with Crippen LogP contribution in [0.5, 0.6) is 0 Å². The van der Waals surface area contributed by atoms with Crippen LogP contribution in [0, 0.1) is 6.92 Å². The Bertz CT molecular complexity index is 1220. The average Bonchev–Trinajstić information content (AvgIpc) is 3.06. The van der Waals surface area contributed by atoms with Crippen LogP contribution in [0.15, 0.2) is 65.6 Å².